The highest BCUT2D eigenvalue weighted by Crippen LogP contribution is 2.38. The van der Waals surface area contributed by atoms with Gasteiger partial charge in [-0.25, -0.2) is 13.1 Å². The van der Waals surface area contributed by atoms with Gasteiger partial charge >= 0.3 is 0 Å². The Morgan fingerprint density at radius 2 is 2.08 bits per heavy atom. The lowest BCUT2D eigenvalue weighted by atomic mass is 9.86. The van der Waals surface area contributed by atoms with Gasteiger partial charge in [0.15, 0.2) is 0 Å². The van der Waals surface area contributed by atoms with Crippen LogP contribution in [0.15, 0.2) is 23.1 Å². The van der Waals surface area contributed by atoms with Crippen molar-refractivity contribution < 1.29 is 13.2 Å². The molecule has 0 saturated heterocycles. The lowest BCUT2D eigenvalue weighted by molar-refractivity contribution is -0.119. The Morgan fingerprint density at radius 3 is 2.88 bits per heavy atom. The minimum absolute atomic E-state index is 0.0903. The summed E-state index contributed by atoms with van der Waals surface area (Å²) in [5, 5.41) is 11.0. The smallest absolute Gasteiger partial charge is 0.240 e. The molecule has 0 saturated carbocycles. The molecule has 0 fully saturated rings. The van der Waals surface area contributed by atoms with Crippen molar-refractivity contribution >= 4 is 21.6 Å². The molecular weight excluding hydrogens is 354 g/mol. The van der Waals surface area contributed by atoms with Crippen LogP contribution in [0, 0.1) is 0 Å². The third kappa shape index (κ3) is 2.71. The molecule has 0 atom stereocenters. The van der Waals surface area contributed by atoms with Crippen LogP contribution < -0.4 is 10.0 Å². The van der Waals surface area contributed by atoms with Gasteiger partial charge in [-0.2, -0.15) is 0 Å². The number of carbonyl (C=O) groups excluding carboxylic acids is 1. The van der Waals surface area contributed by atoms with Crippen molar-refractivity contribution in [3.63, 3.8) is 0 Å². The number of rotatable bonds is 4. The number of anilines is 1. The third-order valence-corrected chi connectivity index (χ3v) is 6.55. The molecular formula is C17H21N5O3S. The van der Waals surface area contributed by atoms with Gasteiger partial charge in [0.1, 0.15) is 11.6 Å². The van der Waals surface area contributed by atoms with E-state index in [2.05, 4.69) is 20.2 Å². The number of aryl methyl sites for hydroxylation is 1. The van der Waals surface area contributed by atoms with Gasteiger partial charge in [-0.1, -0.05) is 0 Å². The van der Waals surface area contributed by atoms with Crippen molar-refractivity contribution in [3.8, 4) is 0 Å². The number of nitrogens with zero attached hydrogens (tertiary/aromatic N) is 3. The van der Waals surface area contributed by atoms with Crippen molar-refractivity contribution in [2.75, 3.05) is 5.32 Å². The molecule has 26 heavy (non-hydrogen) atoms. The van der Waals surface area contributed by atoms with Gasteiger partial charge in [0.25, 0.3) is 0 Å². The Balaban J connectivity index is 1.57. The lowest BCUT2D eigenvalue weighted by Crippen LogP contribution is -2.28. The van der Waals surface area contributed by atoms with Crippen LogP contribution in [0.3, 0.4) is 0 Å². The van der Waals surface area contributed by atoms with Gasteiger partial charge in [-0.05, 0) is 50.5 Å². The number of sulfonamides is 1. The van der Waals surface area contributed by atoms with Crippen LogP contribution in [0.2, 0.25) is 0 Å². The van der Waals surface area contributed by atoms with E-state index in [0.29, 0.717) is 17.1 Å². The fraction of sp³-hybridized carbons (Fsp3) is 0.471. The number of aromatic nitrogens is 3. The number of hydrogen-bond acceptors (Lipinski definition) is 5. The molecule has 0 bridgehead atoms. The highest BCUT2D eigenvalue weighted by atomic mass is 32.2. The third-order valence-electron chi connectivity index (χ3n) is 5.15. The molecule has 0 spiro atoms. The van der Waals surface area contributed by atoms with Gasteiger partial charge in [0, 0.05) is 18.7 Å². The molecule has 2 aromatic rings. The zero-order valence-electron chi connectivity index (χ0n) is 14.7. The lowest BCUT2D eigenvalue weighted by Gasteiger charge is -2.16. The number of carbonyl (C=O) groups is 1. The van der Waals surface area contributed by atoms with Crippen LogP contribution in [-0.4, -0.2) is 29.1 Å². The summed E-state index contributed by atoms with van der Waals surface area (Å²) in [5.74, 6) is 1.40. The molecule has 138 valence electrons. The molecule has 1 amide bonds. The predicted molar refractivity (Wildman–Crippen MR) is 95.1 cm³/mol. The van der Waals surface area contributed by atoms with E-state index in [4.69, 9.17) is 0 Å². The molecule has 2 aliphatic heterocycles. The summed E-state index contributed by atoms with van der Waals surface area (Å²) in [5.41, 5.74) is 0.586. The summed E-state index contributed by atoms with van der Waals surface area (Å²) in [6.45, 7) is 4.47. The second-order valence-electron chi connectivity index (χ2n) is 7.25. The molecule has 0 aliphatic carbocycles. The first-order valence-corrected chi connectivity index (χ1v) is 10.1. The molecule has 2 aliphatic rings. The highest BCUT2D eigenvalue weighted by Gasteiger charge is 2.39. The van der Waals surface area contributed by atoms with Gasteiger partial charge in [-0.3, -0.25) is 4.79 Å². The Morgan fingerprint density at radius 1 is 1.27 bits per heavy atom. The molecule has 0 unspecified atom stereocenters. The van der Waals surface area contributed by atoms with Crippen molar-refractivity contribution in [3.05, 3.63) is 35.4 Å². The zero-order chi connectivity index (χ0) is 18.5. The fourth-order valence-corrected chi connectivity index (χ4v) is 4.47. The van der Waals surface area contributed by atoms with E-state index in [9.17, 15) is 13.2 Å². The first-order chi connectivity index (χ1) is 12.3. The second-order valence-corrected chi connectivity index (χ2v) is 9.02. The number of amides is 1. The summed E-state index contributed by atoms with van der Waals surface area (Å²) >= 11 is 0. The van der Waals surface area contributed by atoms with Gasteiger partial charge in [-0.15, -0.1) is 10.2 Å². The van der Waals surface area contributed by atoms with Crippen LogP contribution >= 0.6 is 0 Å². The quantitative estimate of drug-likeness (QED) is 0.838. The van der Waals surface area contributed by atoms with E-state index in [1.165, 1.54) is 6.07 Å². The van der Waals surface area contributed by atoms with Crippen LogP contribution in [0.25, 0.3) is 0 Å². The maximum absolute atomic E-state index is 12.7. The van der Waals surface area contributed by atoms with Gasteiger partial charge in [0.05, 0.1) is 16.9 Å². The Kier molecular flexibility index (Phi) is 3.89. The number of fused-ring (bicyclic) bond motifs is 2. The van der Waals surface area contributed by atoms with Crippen LogP contribution in [0.1, 0.15) is 43.9 Å². The van der Waals surface area contributed by atoms with Crippen molar-refractivity contribution in [2.45, 2.75) is 56.5 Å². The van der Waals surface area contributed by atoms with Gasteiger partial charge in [0.2, 0.25) is 15.9 Å². The number of benzene rings is 1. The zero-order valence-corrected chi connectivity index (χ0v) is 15.6. The molecule has 3 heterocycles. The minimum atomic E-state index is -3.72. The predicted octanol–water partition coefficient (Wildman–Crippen LogP) is 1.32. The Bertz CT molecular complexity index is 994. The molecule has 8 nitrogen and oxygen atoms in total. The number of nitrogens with one attached hydrogen (secondary N) is 2. The van der Waals surface area contributed by atoms with E-state index in [1.54, 1.807) is 26.0 Å². The number of hydrogen-bond donors (Lipinski definition) is 2. The van der Waals surface area contributed by atoms with E-state index in [0.717, 1.165) is 31.6 Å². The molecule has 9 heteroatoms. The summed E-state index contributed by atoms with van der Waals surface area (Å²) in [6, 6.07) is 4.70. The maximum Gasteiger partial charge on any atom is 0.240 e. The minimum Gasteiger partial charge on any atom is -0.325 e. The fourth-order valence-electron chi connectivity index (χ4n) is 3.46. The topological polar surface area (TPSA) is 106 Å². The van der Waals surface area contributed by atoms with E-state index >= 15 is 0 Å². The molecule has 2 N–H and O–H groups in total. The SMILES string of the molecule is CC1(C)C(=O)Nc2ccc(S(=O)(=O)NCc3nnc4n3CCCC4)cc21. The molecule has 1 aromatic heterocycles. The summed E-state index contributed by atoms with van der Waals surface area (Å²) < 4.78 is 30.0. The standard InChI is InChI=1S/C17H21N5O3S/c1-17(2)12-9-11(6-7-13(12)19-16(17)23)26(24,25)18-10-15-21-20-14-5-3-4-8-22(14)15/h6-7,9,18H,3-5,8,10H2,1-2H3,(H,19,23). The van der Waals surface area contributed by atoms with Crippen LogP contribution in [0.5, 0.6) is 0 Å². The average molecular weight is 375 g/mol. The summed E-state index contributed by atoms with van der Waals surface area (Å²) in [7, 11) is -3.72. The summed E-state index contributed by atoms with van der Waals surface area (Å²) in [6.07, 6.45) is 3.01. The van der Waals surface area contributed by atoms with E-state index < -0.39 is 15.4 Å². The van der Waals surface area contributed by atoms with Crippen LogP contribution in [0.4, 0.5) is 5.69 Å². The highest BCUT2D eigenvalue weighted by molar-refractivity contribution is 7.89. The molecule has 0 radical (unpaired) electrons. The first-order valence-electron chi connectivity index (χ1n) is 8.66. The van der Waals surface area contributed by atoms with Crippen molar-refractivity contribution in [1.29, 1.82) is 0 Å². The van der Waals surface area contributed by atoms with Crippen LogP contribution in [-0.2, 0) is 39.7 Å². The van der Waals surface area contributed by atoms with E-state index in [1.807, 2.05) is 4.57 Å². The largest absolute Gasteiger partial charge is 0.325 e. The average Bonchev–Trinajstić information content (AvgIpc) is 3.12. The molecule has 4 rings (SSSR count). The van der Waals surface area contributed by atoms with E-state index in [-0.39, 0.29) is 17.3 Å². The normalized spacial score (nSPS) is 18.3. The Labute approximate surface area is 152 Å². The first kappa shape index (κ1) is 17.2. The summed E-state index contributed by atoms with van der Waals surface area (Å²) in [4.78, 5) is 12.2. The monoisotopic (exact) mass is 375 g/mol. The second kappa shape index (κ2) is 5.88. The van der Waals surface area contributed by atoms with Gasteiger partial charge < -0.3 is 9.88 Å². The van der Waals surface area contributed by atoms with Crippen molar-refractivity contribution in [2.24, 2.45) is 0 Å². The van der Waals surface area contributed by atoms with Crippen molar-refractivity contribution in [1.82, 2.24) is 19.5 Å². The Hall–Kier alpha value is -2.26. The maximum atomic E-state index is 12.7. The molecule has 1 aromatic carbocycles.